The van der Waals surface area contributed by atoms with Crippen molar-refractivity contribution in [3.63, 3.8) is 0 Å². The van der Waals surface area contributed by atoms with E-state index < -0.39 is 0 Å². The Labute approximate surface area is 90.4 Å². The highest BCUT2D eigenvalue weighted by Crippen LogP contribution is 2.32. The zero-order valence-corrected chi connectivity index (χ0v) is 9.60. The Bertz CT molecular complexity index is 274. The van der Waals surface area contributed by atoms with Crippen molar-refractivity contribution in [2.24, 2.45) is 0 Å². The second-order valence-corrected chi connectivity index (χ2v) is 2.66. The van der Waals surface area contributed by atoms with Gasteiger partial charge < -0.3 is 14.2 Å². The largest absolute Gasteiger partial charge is 0.496 e. The molecular weight excluding hydrogens is 204 g/mol. The van der Waals surface area contributed by atoms with Crippen LogP contribution in [-0.2, 0) is 0 Å². The van der Waals surface area contributed by atoms with Gasteiger partial charge in [-0.3, -0.25) is 0 Å². The second-order valence-electron chi connectivity index (χ2n) is 2.66. The van der Waals surface area contributed by atoms with E-state index in [1.807, 2.05) is 19.1 Å². The lowest BCUT2D eigenvalue weighted by molar-refractivity contribution is 0.371. The summed E-state index contributed by atoms with van der Waals surface area (Å²) in [5.74, 6) is 2.28. The molecule has 14 heavy (non-hydrogen) atoms. The molecule has 1 aromatic carbocycles. The van der Waals surface area contributed by atoms with E-state index in [-0.39, 0.29) is 12.4 Å². The molecule has 0 aliphatic heterocycles. The second kappa shape index (κ2) is 5.60. The predicted octanol–water partition coefficient (Wildman–Crippen LogP) is 2.44. The summed E-state index contributed by atoms with van der Waals surface area (Å²) < 4.78 is 15.4. The molecule has 0 atom stereocenters. The van der Waals surface area contributed by atoms with Crippen molar-refractivity contribution in [1.29, 1.82) is 0 Å². The first-order valence-corrected chi connectivity index (χ1v) is 3.99. The molecule has 0 bridgehead atoms. The lowest BCUT2D eigenvalue weighted by atomic mass is 10.2. The molecule has 0 unspecified atom stereocenters. The van der Waals surface area contributed by atoms with Gasteiger partial charge in [0.1, 0.15) is 17.2 Å². The zero-order chi connectivity index (χ0) is 9.84. The van der Waals surface area contributed by atoms with Crippen LogP contribution in [-0.4, -0.2) is 21.3 Å². The normalized spacial score (nSPS) is 8.86. The van der Waals surface area contributed by atoms with Crippen molar-refractivity contribution >= 4 is 12.4 Å². The van der Waals surface area contributed by atoms with Gasteiger partial charge in [0.25, 0.3) is 0 Å². The van der Waals surface area contributed by atoms with Gasteiger partial charge in [-0.15, -0.1) is 12.4 Å². The number of methoxy groups -OCH3 is 3. The quantitative estimate of drug-likeness (QED) is 0.780. The first kappa shape index (κ1) is 12.9. The maximum Gasteiger partial charge on any atom is 0.129 e. The molecule has 0 saturated carbocycles. The van der Waals surface area contributed by atoms with Crippen LogP contribution in [0.3, 0.4) is 0 Å². The summed E-state index contributed by atoms with van der Waals surface area (Å²) in [6.45, 7) is 1.94. The van der Waals surface area contributed by atoms with E-state index in [1.54, 1.807) is 21.3 Å². The summed E-state index contributed by atoms with van der Waals surface area (Å²) in [7, 11) is 4.87. The Balaban J connectivity index is 0.00000169. The van der Waals surface area contributed by atoms with Crippen LogP contribution in [0, 0.1) is 6.92 Å². The number of hydrogen-bond donors (Lipinski definition) is 0. The van der Waals surface area contributed by atoms with Crippen LogP contribution in [0.2, 0.25) is 0 Å². The predicted molar refractivity (Wildman–Crippen MR) is 58.1 cm³/mol. The highest BCUT2D eigenvalue weighted by molar-refractivity contribution is 5.85. The smallest absolute Gasteiger partial charge is 0.129 e. The molecule has 80 valence electrons. The molecule has 0 saturated heterocycles. The molecule has 0 aliphatic rings. The monoisotopic (exact) mass is 218 g/mol. The molecule has 3 nitrogen and oxygen atoms in total. The topological polar surface area (TPSA) is 27.7 Å². The van der Waals surface area contributed by atoms with E-state index in [4.69, 9.17) is 14.2 Å². The summed E-state index contributed by atoms with van der Waals surface area (Å²) in [6.07, 6.45) is 0. The Kier molecular flexibility index (Phi) is 5.16. The van der Waals surface area contributed by atoms with Gasteiger partial charge in [-0.05, 0) is 6.92 Å². The van der Waals surface area contributed by atoms with Crippen molar-refractivity contribution in [1.82, 2.24) is 0 Å². The highest BCUT2D eigenvalue weighted by Gasteiger charge is 2.07. The first-order chi connectivity index (χ1) is 6.22. The van der Waals surface area contributed by atoms with Crippen LogP contribution in [0.1, 0.15) is 5.56 Å². The molecule has 1 aromatic rings. The van der Waals surface area contributed by atoms with E-state index in [2.05, 4.69) is 0 Å². The van der Waals surface area contributed by atoms with Crippen molar-refractivity contribution in [2.75, 3.05) is 21.3 Å². The molecule has 0 spiro atoms. The van der Waals surface area contributed by atoms with Crippen LogP contribution < -0.4 is 14.2 Å². The fraction of sp³-hybridized carbons (Fsp3) is 0.400. The van der Waals surface area contributed by atoms with E-state index >= 15 is 0 Å². The van der Waals surface area contributed by atoms with Crippen molar-refractivity contribution in [2.45, 2.75) is 6.92 Å². The fourth-order valence-electron chi connectivity index (χ4n) is 1.18. The van der Waals surface area contributed by atoms with Crippen molar-refractivity contribution in [3.8, 4) is 17.2 Å². The maximum absolute atomic E-state index is 5.17. The minimum atomic E-state index is 0. The molecule has 0 heterocycles. The van der Waals surface area contributed by atoms with E-state index in [1.165, 1.54) is 0 Å². The SMILES string of the molecule is COc1cc(OC)c(C)c(OC)c1.Cl. The van der Waals surface area contributed by atoms with Gasteiger partial charge >= 0.3 is 0 Å². The summed E-state index contributed by atoms with van der Waals surface area (Å²) in [6, 6.07) is 3.66. The van der Waals surface area contributed by atoms with Crippen LogP contribution in [0.25, 0.3) is 0 Å². The molecule has 0 N–H and O–H groups in total. The van der Waals surface area contributed by atoms with E-state index in [0.717, 1.165) is 22.8 Å². The third kappa shape index (κ3) is 2.45. The van der Waals surface area contributed by atoms with Crippen LogP contribution in [0.4, 0.5) is 0 Å². The van der Waals surface area contributed by atoms with Crippen molar-refractivity contribution < 1.29 is 14.2 Å². The average Bonchev–Trinajstić information content (AvgIpc) is 2.18. The van der Waals surface area contributed by atoms with Crippen LogP contribution in [0.5, 0.6) is 17.2 Å². The van der Waals surface area contributed by atoms with E-state index in [9.17, 15) is 0 Å². The molecule has 0 aromatic heterocycles. The van der Waals surface area contributed by atoms with Gasteiger partial charge in [-0.2, -0.15) is 0 Å². The summed E-state index contributed by atoms with van der Waals surface area (Å²) >= 11 is 0. The molecule has 0 amide bonds. The third-order valence-electron chi connectivity index (χ3n) is 1.96. The lowest BCUT2D eigenvalue weighted by Crippen LogP contribution is -1.94. The van der Waals surface area contributed by atoms with Gasteiger partial charge in [0.05, 0.1) is 21.3 Å². The molecule has 0 radical (unpaired) electrons. The number of ether oxygens (including phenoxy) is 3. The third-order valence-corrected chi connectivity index (χ3v) is 1.96. The minimum Gasteiger partial charge on any atom is -0.496 e. The molecular formula is C10H15ClO3. The van der Waals surface area contributed by atoms with Gasteiger partial charge in [0.15, 0.2) is 0 Å². The Morgan fingerprint density at radius 2 is 1.29 bits per heavy atom. The number of halogens is 1. The minimum absolute atomic E-state index is 0. The zero-order valence-electron chi connectivity index (χ0n) is 8.79. The highest BCUT2D eigenvalue weighted by atomic mass is 35.5. The Hall–Kier alpha value is -1.09. The molecule has 4 heteroatoms. The van der Waals surface area contributed by atoms with E-state index in [0.29, 0.717) is 0 Å². The molecule has 0 fully saturated rings. The average molecular weight is 219 g/mol. The summed E-state index contributed by atoms with van der Waals surface area (Å²) in [5.41, 5.74) is 0.978. The number of hydrogen-bond acceptors (Lipinski definition) is 3. The standard InChI is InChI=1S/C10H14O3.ClH/c1-7-9(12-3)5-8(11-2)6-10(7)13-4;/h5-6H,1-4H3;1H. The fourth-order valence-corrected chi connectivity index (χ4v) is 1.18. The molecule has 0 aliphatic carbocycles. The van der Waals surface area contributed by atoms with Gasteiger partial charge in [-0.25, -0.2) is 0 Å². The lowest BCUT2D eigenvalue weighted by Gasteiger charge is -2.11. The van der Waals surface area contributed by atoms with Gasteiger partial charge in [0, 0.05) is 17.7 Å². The maximum atomic E-state index is 5.17. The number of benzene rings is 1. The number of rotatable bonds is 3. The Morgan fingerprint density at radius 1 is 0.857 bits per heavy atom. The van der Waals surface area contributed by atoms with Gasteiger partial charge in [-0.1, -0.05) is 0 Å². The summed E-state index contributed by atoms with van der Waals surface area (Å²) in [4.78, 5) is 0. The van der Waals surface area contributed by atoms with Crippen molar-refractivity contribution in [3.05, 3.63) is 17.7 Å². The Morgan fingerprint density at radius 3 is 1.57 bits per heavy atom. The first-order valence-electron chi connectivity index (χ1n) is 3.99. The van der Waals surface area contributed by atoms with Gasteiger partial charge in [0.2, 0.25) is 0 Å². The summed E-state index contributed by atoms with van der Waals surface area (Å²) in [5, 5.41) is 0. The molecule has 1 rings (SSSR count). The van der Waals surface area contributed by atoms with Crippen LogP contribution in [0.15, 0.2) is 12.1 Å². The van der Waals surface area contributed by atoms with Crippen LogP contribution >= 0.6 is 12.4 Å².